The number of nitrogens with one attached hydrogen (secondary N) is 2. The smallest absolute Gasteiger partial charge is 0.319 e. The third-order valence-electron chi connectivity index (χ3n) is 7.94. The number of pyridine rings is 1. The summed E-state index contributed by atoms with van der Waals surface area (Å²) < 4.78 is 0. The monoisotopic (exact) mass is 536 g/mol. The van der Waals surface area contributed by atoms with Crippen molar-refractivity contribution < 1.29 is 4.79 Å². The Balaban J connectivity index is 1.28. The van der Waals surface area contributed by atoms with Crippen LogP contribution in [0.3, 0.4) is 0 Å². The lowest BCUT2D eigenvalue weighted by Crippen LogP contribution is -2.43. The fourth-order valence-corrected chi connectivity index (χ4v) is 6.51. The Kier molecular flexibility index (Phi) is 8.65. The lowest BCUT2D eigenvalue weighted by Gasteiger charge is -2.39. The van der Waals surface area contributed by atoms with Gasteiger partial charge in [-0.05, 0) is 91.7 Å². The van der Waals surface area contributed by atoms with Gasteiger partial charge in [0.25, 0.3) is 0 Å². The maximum atomic E-state index is 12.8. The standard InChI is InChI=1S/C30H34Cl2N4O/c31-25-17-26(32)19-27(18-25)35-30(37)34-20-29(24-11-15-36(16-12-24)28-3-1-2-4-28)23-7-5-21(6-8-23)22-9-13-33-14-10-22/h5-10,13-14,17-19,24,28-29H,1-4,11-12,15-16,20H2,(H2,34,35,37). The zero-order chi connectivity index (χ0) is 25.6. The molecule has 2 aromatic carbocycles. The predicted octanol–water partition coefficient (Wildman–Crippen LogP) is 7.62. The Morgan fingerprint density at radius 3 is 2.16 bits per heavy atom. The normalized spacial score (nSPS) is 18.0. The quantitative estimate of drug-likeness (QED) is 0.326. The number of aromatic nitrogens is 1. The van der Waals surface area contributed by atoms with Crippen LogP contribution < -0.4 is 10.6 Å². The summed E-state index contributed by atoms with van der Waals surface area (Å²) in [7, 11) is 0. The van der Waals surface area contributed by atoms with Gasteiger partial charge < -0.3 is 15.5 Å². The summed E-state index contributed by atoms with van der Waals surface area (Å²) in [6.45, 7) is 2.87. The number of halogens is 2. The van der Waals surface area contributed by atoms with E-state index < -0.39 is 0 Å². The molecule has 1 atom stereocenters. The molecular weight excluding hydrogens is 503 g/mol. The highest BCUT2D eigenvalue weighted by Crippen LogP contribution is 2.36. The van der Waals surface area contributed by atoms with Gasteiger partial charge in [0.05, 0.1) is 0 Å². The lowest BCUT2D eigenvalue weighted by molar-refractivity contribution is 0.123. The van der Waals surface area contributed by atoms with E-state index in [1.165, 1.54) is 36.8 Å². The zero-order valence-electron chi connectivity index (χ0n) is 21.0. The molecule has 0 bridgehead atoms. The topological polar surface area (TPSA) is 57.3 Å². The minimum atomic E-state index is -0.250. The van der Waals surface area contributed by atoms with Crippen molar-refractivity contribution in [1.29, 1.82) is 0 Å². The molecular formula is C30H34Cl2N4O. The summed E-state index contributed by atoms with van der Waals surface area (Å²) in [5.74, 6) is 0.760. The molecule has 2 heterocycles. The minimum absolute atomic E-state index is 0.242. The second-order valence-electron chi connectivity index (χ2n) is 10.3. The molecule has 3 aromatic rings. The first-order chi connectivity index (χ1) is 18.0. The van der Waals surface area contributed by atoms with Gasteiger partial charge in [-0.3, -0.25) is 4.98 Å². The van der Waals surface area contributed by atoms with Crippen molar-refractivity contribution in [2.45, 2.75) is 50.5 Å². The van der Waals surface area contributed by atoms with Crippen LogP contribution in [-0.4, -0.2) is 41.6 Å². The van der Waals surface area contributed by atoms with Crippen LogP contribution in [0.1, 0.15) is 50.0 Å². The Labute approximate surface area is 229 Å². The van der Waals surface area contributed by atoms with Gasteiger partial charge in [-0.2, -0.15) is 0 Å². The first kappa shape index (κ1) is 26.0. The van der Waals surface area contributed by atoms with Crippen LogP contribution >= 0.6 is 23.2 Å². The lowest BCUT2D eigenvalue weighted by atomic mass is 9.79. The molecule has 7 heteroatoms. The Bertz CT molecular complexity index is 1150. The maximum Gasteiger partial charge on any atom is 0.319 e. The van der Waals surface area contributed by atoms with E-state index in [2.05, 4.69) is 44.8 Å². The van der Waals surface area contributed by atoms with Crippen LogP contribution in [-0.2, 0) is 0 Å². The zero-order valence-corrected chi connectivity index (χ0v) is 22.5. The van der Waals surface area contributed by atoms with Gasteiger partial charge in [0.1, 0.15) is 0 Å². The summed E-state index contributed by atoms with van der Waals surface area (Å²) in [5.41, 5.74) is 4.17. The number of carbonyl (C=O) groups is 1. The minimum Gasteiger partial charge on any atom is -0.337 e. The summed E-state index contributed by atoms with van der Waals surface area (Å²) in [4.78, 5) is 19.6. The molecule has 2 aliphatic rings. The highest BCUT2D eigenvalue weighted by atomic mass is 35.5. The average Bonchev–Trinajstić information content (AvgIpc) is 3.45. The van der Waals surface area contributed by atoms with E-state index in [-0.39, 0.29) is 11.9 Å². The molecule has 194 valence electrons. The van der Waals surface area contributed by atoms with Crippen molar-refractivity contribution >= 4 is 34.9 Å². The van der Waals surface area contributed by atoms with Crippen molar-refractivity contribution in [1.82, 2.24) is 15.2 Å². The molecule has 2 N–H and O–H groups in total. The van der Waals surface area contributed by atoms with Gasteiger partial charge in [0.2, 0.25) is 0 Å². The Morgan fingerprint density at radius 1 is 0.892 bits per heavy atom. The number of hydrogen-bond donors (Lipinski definition) is 2. The van der Waals surface area contributed by atoms with E-state index >= 15 is 0 Å². The molecule has 1 aromatic heterocycles. The van der Waals surface area contributed by atoms with Crippen LogP contribution in [0.4, 0.5) is 10.5 Å². The molecule has 5 rings (SSSR count). The summed E-state index contributed by atoms with van der Waals surface area (Å²) in [6, 6.07) is 18.4. The highest BCUT2D eigenvalue weighted by Gasteiger charge is 2.31. The van der Waals surface area contributed by atoms with Gasteiger partial charge in [0.15, 0.2) is 0 Å². The molecule has 2 fully saturated rings. The largest absolute Gasteiger partial charge is 0.337 e. The molecule has 1 unspecified atom stereocenters. The van der Waals surface area contributed by atoms with Crippen LogP contribution in [0.15, 0.2) is 67.0 Å². The number of rotatable bonds is 7. The first-order valence-corrected chi connectivity index (χ1v) is 14.1. The first-order valence-electron chi connectivity index (χ1n) is 13.3. The molecule has 37 heavy (non-hydrogen) atoms. The van der Waals surface area contributed by atoms with Crippen LogP contribution in [0.25, 0.3) is 11.1 Å². The number of amides is 2. The number of nitrogens with zero attached hydrogens (tertiary/aromatic N) is 2. The van der Waals surface area contributed by atoms with E-state index in [0.717, 1.165) is 37.5 Å². The van der Waals surface area contributed by atoms with Crippen LogP contribution in [0.2, 0.25) is 10.0 Å². The third-order valence-corrected chi connectivity index (χ3v) is 8.38. The maximum absolute atomic E-state index is 12.8. The molecule has 0 radical (unpaired) electrons. The number of hydrogen-bond acceptors (Lipinski definition) is 3. The number of carbonyl (C=O) groups excluding carboxylic acids is 1. The van der Waals surface area contributed by atoms with E-state index in [1.54, 1.807) is 18.2 Å². The van der Waals surface area contributed by atoms with Crippen LogP contribution in [0.5, 0.6) is 0 Å². The SMILES string of the molecule is O=C(NCC(c1ccc(-c2ccncc2)cc1)C1CCN(C2CCCC2)CC1)Nc1cc(Cl)cc(Cl)c1. The van der Waals surface area contributed by atoms with E-state index in [9.17, 15) is 4.79 Å². The fraction of sp³-hybridized carbons (Fsp3) is 0.400. The molecule has 5 nitrogen and oxygen atoms in total. The molecule has 1 saturated heterocycles. The second kappa shape index (κ2) is 12.3. The Hall–Kier alpha value is -2.60. The van der Waals surface area contributed by atoms with Crippen molar-refractivity contribution in [3.63, 3.8) is 0 Å². The molecule has 2 amide bonds. The van der Waals surface area contributed by atoms with E-state index in [0.29, 0.717) is 28.2 Å². The highest BCUT2D eigenvalue weighted by molar-refractivity contribution is 6.35. The summed E-state index contributed by atoms with van der Waals surface area (Å²) in [6.07, 6.45) is 11.4. The molecule has 1 saturated carbocycles. The molecule has 1 aliphatic heterocycles. The van der Waals surface area contributed by atoms with Gasteiger partial charge in [-0.1, -0.05) is 60.3 Å². The predicted molar refractivity (Wildman–Crippen MR) is 152 cm³/mol. The van der Waals surface area contributed by atoms with Gasteiger partial charge in [-0.25, -0.2) is 4.79 Å². The van der Waals surface area contributed by atoms with Gasteiger partial charge >= 0.3 is 6.03 Å². The van der Waals surface area contributed by atoms with Crippen molar-refractivity contribution in [2.75, 3.05) is 25.0 Å². The molecule has 0 spiro atoms. The van der Waals surface area contributed by atoms with Crippen molar-refractivity contribution in [2.24, 2.45) is 5.92 Å². The molecule has 1 aliphatic carbocycles. The number of anilines is 1. The second-order valence-corrected chi connectivity index (χ2v) is 11.1. The third kappa shape index (κ3) is 6.84. The summed E-state index contributed by atoms with van der Waals surface area (Å²) in [5, 5.41) is 6.98. The van der Waals surface area contributed by atoms with Gasteiger partial charge in [-0.15, -0.1) is 0 Å². The Morgan fingerprint density at radius 2 is 1.51 bits per heavy atom. The number of piperidine rings is 1. The van der Waals surface area contributed by atoms with Crippen molar-refractivity contribution in [3.05, 3.63) is 82.6 Å². The van der Waals surface area contributed by atoms with Crippen LogP contribution in [0, 0.1) is 5.92 Å². The van der Waals surface area contributed by atoms with Crippen molar-refractivity contribution in [3.8, 4) is 11.1 Å². The number of likely N-dealkylation sites (tertiary alicyclic amines) is 1. The van der Waals surface area contributed by atoms with E-state index in [1.807, 2.05) is 24.5 Å². The van der Waals surface area contributed by atoms with E-state index in [4.69, 9.17) is 23.2 Å². The average molecular weight is 538 g/mol. The number of urea groups is 1. The van der Waals surface area contributed by atoms with Gasteiger partial charge in [0, 0.05) is 46.6 Å². The number of benzene rings is 2. The fourth-order valence-electron chi connectivity index (χ4n) is 5.98. The summed E-state index contributed by atoms with van der Waals surface area (Å²) >= 11 is 12.2.